The first-order valence-corrected chi connectivity index (χ1v) is 17.7. The van der Waals surface area contributed by atoms with Crippen molar-refractivity contribution in [3.63, 3.8) is 0 Å². The molecule has 1 unspecified atom stereocenters. The Bertz CT molecular complexity index is 2150. The predicted molar refractivity (Wildman–Crippen MR) is 209 cm³/mol. The van der Waals surface area contributed by atoms with Gasteiger partial charge < -0.3 is 20.7 Å². The maximum atomic E-state index is 13.7. The highest BCUT2D eigenvalue weighted by atomic mass is 35.5. The molecular formula is C43H34ClN3O4S. The fourth-order valence-electron chi connectivity index (χ4n) is 5.12. The zero-order valence-corrected chi connectivity index (χ0v) is 29.4. The summed E-state index contributed by atoms with van der Waals surface area (Å²) >= 11 is 7.69. The van der Waals surface area contributed by atoms with E-state index in [-0.39, 0.29) is 11.6 Å². The Morgan fingerprint density at radius 1 is 0.673 bits per heavy atom. The SMILES string of the molecule is O=C(Nc1ccc(SC(C(=O)Nc2ccccc2Cl)c2ccccc2)cc1)/C(=C/c1ccc(OCc2ccccc2)cc1)NC(=O)c1ccccc1. The summed E-state index contributed by atoms with van der Waals surface area (Å²) in [5, 5.41) is 8.49. The third-order valence-corrected chi connectivity index (χ3v) is 9.40. The molecule has 52 heavy (non-hydrogen) atoms. The van der Waals surface area contributed by atoms with Gasteiger partial charge in [0.1, 0.15) is 23.3 Å². The van der Waals surface area contributed by atoms with Crippen molar-refractivity contribution in [2.75, 3.05) is 10.6 Å². The van der Waals surface area contributed by atoms with Crippen LogP contribution < -0.4 is 20.7 Å². The van der Waals surface area contributed by atoms with Gasteiger partial charge in [-0.1, -0.05) is 115 Å². The summed E-state index contributed by atoms with van der Waals surface area (Å²) in [7, 11) is 0. The average Bonchev–Trinajstić information content (AvgIpc) is 3.19. The van der Waals surface area contributed by atoms with Gasteiger partial charge >= 0.3 is 0 Å². The molecule has 1 atom stereocenters. The standard InChI is InChI=1S/C43H34ClN3O4S/c44-37-18-10-11-19-38(37)46-43(50)40(32-14-6-2-7-15-32)52-36-26-22-34(23-27-36)45-42(49)39(47-41(48)33-16-8-3-9-17-33)28-30-20-24-35(25-21-30)51-29-31-12-4-1-5-13-31/h1-28,40H,29H2,(H,45,49)(H,46,50)(H,47,48)/b39-28-. The molecule has 0 spiro atoms. The number of thioether (sulfide) groups is 1. The fraction of sp³-hybridized carbons (Fsp3) is 0.0465. The number of rotatable bonds is 13. The van der Waals surface area contributed by atoms with Crippen molar-refractivity contribution in [3.8, 4) is 5.75 Å². The molecule has 9 heteroatoms. The number of amides is 3. The minimum atomic E-state index is -0.573. The zero-order chi connectivity index (χ0) is 36.1. The van der Waals surface area contributed by atoms with E-state index in [1.165, 1.54) is 11.8 Å². The van der Waals surface area contributed by atoms with E-state index in [1.807, 2.05) is 109 Å². The van der Waals surface area contributed by atoms with Crippen LogP contribution in [0.1, 0.15) is 32.3 Å². The molecule has 3 N–H and O–H groups in total. The lowest BCUT2D eigenvalue weighted by molar-refractivity contribution is -0.116. The van der Waals surface area contributed by atoms with E-state index in [1.54, 1.807) is 60.7 Å². The number of carbonyl (C=O) groups excluding carboxylic acids is 3. The summed E-state index contributed by atoms with van der Waals surface area (Å²) in [5.74, 6) is -0.468. The summed E-state index contributed by atoms with van der Waals surface area (Å²) in [4.78, 5) is 41.1. The Labute approximate surface area is 311 Å². The van der Waals surface area contributed by atoms with Crippen LogP contribution in [0.2, 0.25) is 5.02 Å². The van der Waals surface area contributed by atoms with E-state index in [9.17, 15) is 14.4 Å². The molecule has 3 amide bonds. The number of anilines is 2. The highest BCUT2D eigenvalue weighted by Gasteiger charge is 2.23. The Hall–Kier alpha value is -6.09. The van der Waals surface area contributed by atoms with Crippen LogP contribution in [0, 0.1) is 0 Å². The van der Waals surface area contributed by atoms with Gasteiger partial charge in [-0.15, -0.1) is 11.8 Å². The second-order valence-electron chi connectivity index (χ2n) is 11.6. The van der Waals surface area contributed by atoms with E-state index in [2.05, 4.69) is 16.0 Å². The molecule has 0 aliphatic heterocycles. The van der Waals surface area contributed by atoms with Crippen LogP contribution in [-0.4, -0.2) is 17.7 Å². The molecule has 258 valence electrons. The predicted octanol–water partition coefficient (Wildman–Crippen LogP) is 9.80. The van der Waals surface area contributed by atoms with E-state index in [0.717, 1.165) is 16.0 Å². The first-order valence-electron chi connectivity index (χ1n) is 16.4. The molecule has 0 aliphatic rings. The molecule has 0 heterocycles. The summed E-state index contributed by atoms with van der Waals surface area (Å²) in [6, 6.07) is 49.6. The minimum absolute atomic E-state index is 0.0608. The molecule has 6 aromatic rings. The van der Waals surface area contributed by atoms with Crippen molar-refractivity contribution in [3.05, 3.63) is 197 Å². The quantitative estimate of drug-likeness (QED) is 0.0815. The molecule has 0 fully saturated rings. The molecule has 0 bridgehead atoms. The van der Waals surface area contributed by atoms with Gasteiger partial charge in [0.05, 0.1) is 10.7 Å². The lowest BCUT2D eigenvalue weighted by Crippen LogP contribution is -2.30. The largest absolute Gasteiger partial charge is 0.489 e. The zero-order valence-electron chi connectivity index (χ0n) is 27.9. The van der Waals surface area contributed by atoms with Gasteiger partial charge in [0.15, 0.2) is 0 Å². The summed E-state index contributed by atoms with van der Waals surface area (Å²) < 4.78 is 5.91. The van der Waals surface area contributed by atoms with Crippen molar-refractivity contribution < 1.29 is 19.1 Å². The number of hydrogen-bond donors (Lipinski definition) is 3. The van der Waals surface area contributed by atoms with Crippen LogP contribution >= 0.6 is 23.4 Å². The van der Waals surface area contributed by atoms with Gasteiger partial charge in [-0.25, -0.2) is 0 Å². The summed E-state index contributed by atoms with van der Waals surface area (Å²) in [6.45, 7) is 0.427. The third-order valence-electron chi connectivity index (χ3n) is 7.81. The van der Waals surface area contributed by atoms with Crippen LogP contribution in [0.25, 0.3) is 6.08 Å². The summed E-state index contributed by atoms with van der Waals surface area (Å²) in [6.07, 6.45) is 1.61. The van der Waals surface area contributed by atoms with Gasteiger partial charge in [0.25, 0.3) is 11.8 Å². The Morgan fingerprint density at radius 3 is 1.96 bits per heavy atom. The monoisotopic (exact) mass is 723 g/mol. The average molecular weight is 724 g/mol. The molecule has 0 saturated heterocycles. The van der Waals surface area contributed by atoms with Gasteiger partial charge in [-0.2, -0.15) is 0 Å². The van der Waals surface area contributed by atoms with Gasteiger partial charge in [-0.3, -0.25) is 14.4 Å². The number of para-hydroxylation sites is 1. The lowest BCUT2D eigenvalue weighted by atomic mass is 10.1. The Morgan fingerprint density at radius 2 is 1.29 bits per heavy atom. The van der Waals surface area contributed by atoms with Crippen LogP contribution in [0.3, 0.4) is 0 Å². The fourth-order valence-corrected chi connectivity index (χ4v) is 6.33. The molecular weight excluding hydrogens is 690 g/mol. The maximum absolute atomic E-state index is 13.7. The molecule has 6 rings (SSSR count). The van der Waals surface area contributed by atoms with E-state index in [0.29, 0.717) is 39.9 Å². The number of hydrogen-bond acceptors (Lipinski definition) is 5. The lowest BCUT2D eigenvalue weighted by Gasteiger charge is -2.18. The number of carbonyl (C=O) groups is 3. The molecule has 7 nitrogen and oxygen atoms in total. The summed E-state index contributed by atoms with van der Waals surface area (Å²) in [5.41, 5.74) is 4.09. The van der Waals surface area contributed by atoms with Crippen LogP contribution in [0.4, 0.5) is 11.4 Å². The molecule has 0 radical (unpaired) electrons. The normalized spacial score (nSPS) is 11.6. The van der Waals surface area contributed by atoms with Crippen molar-refractivity contribution in [2.24, 2.45) is 0 Å². The van der Waals surface area contributed by atoms with E-state index < -0.39 is 17.1 Å². The first kappa shape index (κ1) is 35.7. The van der Waals surface area contributed by atoms with Crippen LogP contribution in [0.5, 0.6) is 5.75 Å². The molecule has 0 aliphatic carbocycles. The highest BCUT2D eigenvalue weighted by molar-refractivity contribution is 8.00. The topological polar surface area (TPSA) is 96.5 Å². The van der Waals surface area contributed by atoms with Gasteiger partial charge in [0.2, 0.25) is 5.91 Å². The van der Waals surface area contributed by atoms with Crippen LogP contribution in [0.15, 0.2) is 174 Å². The number of halogens is 1. The van der Waals surface area contributed by atoms with Crippen LogP contribution in [-0.2, 0) is 16.2 Å². The van der Waals surface area contributed by atoms with Gasteiger partial charge in [0, 0.05) is 16.1 Å². The smallest absolute Gasteiger partial charge is 0.272 e. The van der Waals surface area contributed by atoms with Crippen molar-refractivity contribution in [1.29, 1.82) is 0 Å². The van der Waals surface area contributed by atoms with Crippen molar-refractivity contribution in [1.82, 2.24) is 5.32 Å². The molecule has 0 aromatic heterocycles. The van der Waals surface area contributed by atoms with Crippen molar-refractivity contribution in [2.45, 2.75) is 16.8 Å². The van der Waals surface area contributed by atoms with Gasteiger partial charge in [-0.05, 0) is 83.4 Å². The second kappa shape index (κ2) is 17.7. The molecule has 0 saturated carbocycles. The maximum Gasteiger partial charge on any atom is 0.272 e. The number of benzene rings is 6. The minimum Gasteiger partial charge on any atom is -0.489 e. The Balaban J connectivity index is 1.17. The number of ether oxygens (including phenoxy) is 1. The highest BCUT2D eigenvalue weighted by Crippen LogP contribution is 2.37. The van der Waals surface area contributed by atoms with Crippen molar-refractivity contribution >= 4 is 58.5 Å². The molecule has 6 aromatic carbocycles. The van der Waals surface area contributed by atoms with E-state index in [4.69, 9.17) is 16.3 Å². The van der Waals surface area contributed by atoms with E-state index >= 15 is 0 Å². The first-order chi connectivity index (χ1) is 25.4. The Kier molecular flexibility index (Phi) is 12.2. The second-order valence-corrected chi connectivity index (χ2v) is 13.2. The third kappa shape index (κ3) is 10.0. The number of nitrogens with one attached hydrogen (secondary N) is 3.